The van der Waals surface area contributed by atoms with E-state index in [4.69, 9.17) is 5.11 Å². The summed E-state index contributed by atoms with van der Waals surface area (Å²) in [6.45, 7) is 8.89. The van der Waals surface area contributed by atoms with Crippen molar-refractivity contribution in [3.05, 3.63) is 0 Å². The van der Waals surface area contributed by atoms with E-state index in [-0.39, 0.29) is 6.04 Å². The summed E-state index contributed by atoms with van der Waals surface area (Å²) in [5, 5.41) is 12.2. The lowest BCUT2D eigenvalue weighted by Crippen LogP contribution is -2.50. The standard InChI is InChI=1S/C12H24N2O2/c1-9(2)13-11(12(15)16)8-14-6-4-5-10(3)7-14/h9-11,13H,4-8H2,1-3H3,(H,15,16). The Balaban J connectivity index is 2.44. The average Bonchev–Trinajstić information content (AvgIpc) is 2.15. The van der Waals surface area contributed by atoms with Crippen molar-refractivity contribution in [2.24, 2.45) is 5.92 Å². The van der Waals surface area contributed by atoms with Gasteiger partial charge in [0.15, 0.2) is 0 Å². The molecule has 0 spiro atoms. The number of piperidine rings is 1. The fourth-order valence-corrected chi connectivity index (χ4v) is 2.32. The Kier molecular flexibility index (Phi) is 5.22. The zero-order valence-electron chi connectivity index (χ0n) is 10.6. The molecular formula is C12H24N2O2. The molecule has 4 heteroatoms. The SMILES string of the molecule is CC1CCCN(CC(NC(C)C)C(=O)O)C1. The van der Waals surface area contributed by atoms with E-state index in [1.54, 1.807) is 0 Å². The largest absolute Gasteiger partial charge is 0.480 e. The van der Waals surface area contributed by atoms with E-state index in [9.17, 15) is 4.79 Å². The van der Waals surface area contributed by atoms with Crippen molar-refractivity contribution in [2.45, 2.75) is 45.7 Å². The molecule has 1 heterocycles. The summed E-state index contributed by atoms with van der Waals surface area (Å²) in [5.74, 6) is -0.0471. The van der Waals surface area contributed by atoms with Crippen LogP contribution in [0.15, 0.2) is 0 Å². The average molecular weight is 228 g/mol. The van der Waals surface area contributed by atoms with Crippen molar-refractivity contribution >= 4 is 5.97 Å². The van der Waals surface area contributed by atoms with Crippen molar-refractivity contribution < 1.29 is 9.90 Å². The van der Waals surface area contributed by atoms with E-state index in [1.165, 1.54) is 12.8 Å². The molecule has 4 nitrogen and oxygen atoms in total. The maximum atomic E-state index is 11.1. The second-order valence-corrected chi connectivity index (χ2v) is 5.22. The molecule has 1 saturated heterocycles. The summed E-state index contributed by atoms with van der Waals surface area (Å²) in [6.07, 6.45) is 2.46. The number of likely N-dealkylation sites (tertiary alicyclic amines) is 1. The summed E-state index contributed by atoms with van der Waals surface area (Å²) < 4.78 is 0. The van der Waals surface area contributed by atoms with Crippen LogP contribution in [-0.2, 0) is 4.79 Å². The third-order valence-electron chi connectivity index (χ3n) is 3.01. The molecule has 2 atom stereocenters. The van der Waals surface area contributed by atoms with Gasteiger partial charge in [0.05, 0.1) is 0 Å². The van der Waals surface area contributed by atoms with Crippen LogP contribution < -0.4 is 5.32 Å². The summed E-state index contributed by atoms with van der Waals surface area (Å²) in [7, 11) is 0. The molecule has 0 aliphatic carbocycles. The monoisotopic (exact) mass is 228 g/mol. The molecule has 94 valence electrons. The molecule has 0 aromatic rings. The first-order chi connectivity index (χ1) is 7.49. The Labute approximate surface area is 98.0 Å². The lowest BCUT2D eigenvalue weighted by molar-refractivity contribution is -0.140. The third kappa shape index (κ3) is 4.49. The van der Waals surface area contributed by atoms with Crippen molar-refractivity contribution in [1.29, 1.82) is 0 Å². The summed E-state index contributed by atoms with van der Waals surface area (Å²) in [5.41, 5.74) is 0. The van der Waals surface area contributed by atoms with Crippen LogP contribution in [0.2, 0.25) is 0 Å². The second kappa shape index (κ2) is 6.21. The Hall–Kier alpha value is -0.610. The summed E-state index contributed by atoms with van der Waals surface area (Å²) in [6, 6.07) is -0.228. The Morgan fingerprint density at radius 2 is 2.25 bits per heavy atom. The topological polar surface area (TPSA) is 52.6 Å². The molecule has 1 aliphatic heterocycles. The zero-order chi connectivity index (χ0) is 12.1. The maximum absolute atomic E-state index is 11.1. The molecule has 2 N–H and O–H groups in total. The van der Waals surface area contributed by atoms with Crippen LogP contribution in [0.4, 0.5) is 0 Å². The molecular weight excluding hydrogens is 204 g/mol. The van der Waals surface area contributed by atoms with Crippen LogP contribution in [0.5, 0.6) is 0 Å². The molecule has 0 aromatic heterocycles. The van der Waals surface area contributed by atoms with Crippen LogP contribution in [0.3, 0.4) is 0 Å². The predicted octanol–water partition coefficient (Wildman–Crippen LogP) is 1.17. The van der Waals surface area contributed by atoms with Crippen molar-refractivity contribution in [3.63, 3.8) is 0 Å². The molecule has 1 fully saturated rings. The number of hydrogen-bond acceptors (Lipinski definition) is 3. The number of rotatable bonds is 5. The van der Waals surface area contributed by atoms with Gasteiger partial charge in [0.25, 0.3) is 0 Å². The molecule has 1 aliphatic rings. The molecule has 0 radical (unpaired) electrons. The van der Waals surface area contributed by atoms with Crippen LogP contribution in [0, 0.1) is 5.92 Å². The fraction of sp³-hybridized carbons (Fsp3) is 0.917. The minimum atomic E-state index is -0.744. The van der Waals surface area contributed by atoms with E-state index >= 15 is 0 Å². The molecule has 0 aromatic carbocycles. The van der Waals surface area contributed by atoms with Gasteiger partial charge >= 0.3 is 5.97 Å². The quantitative estimate of drug-likeness (QED) is 0.741. The Morgan fingerprint density at radius 1 is 1.56 bits per heavy atom. The van der Waals surface area contributed by atoms with Gasteiger partial charge in [-0.2, -0.15) is 0 Å². The van der Waals surface area contributed by atoms with Crippen LogP contribution in [-0.4, -0.2) is 47.7 Å². The van der Waals surface area contributed by atoms with Gasteiger partial charge < -0.3 is 15.3 Å². The summed E-state index contributed by atoms with van der Waals surface area (Å²) in [4.78, 5) is 13.4. The highest BCUT2D eigenvalue weighted by atomic mass is 16.4. The Morgan fingerprint density at radius 3 is 2.75 bits per heavy atom. The van der Waals surface area contributed by atoms with Crippen LogP contribution in [0.1, 0.15) is 33.6 Å². The maximum Gasteiger partial charge on any atom is 0.322 e. The van der Waals surface area contributed by atoms with Gasteiger partial charge in [0, 0.05) is 19.1 Å². The van der Waals surface area contributed by atoms with Crippen LogP contribution in [0.25, 0.3) is 0 Å². The third-order valence-corrected chi connectivity index (χ3v) is 3.01. The highest BCUT2D eigenvalue weighted by Crippen LogP contribution is 2.15. The van der Waals surface area contributed by atoms with E-state index in [1.807, 2.05) is 13.8 Å². The first-order valence-corrected chi connectivity index (χ1v) is 6.20. The normalized spacial score (nSPS) is 24.6. The molecule has 1 rings (SSSR count). The number of aliphatic carboxylic acids is 1. The van der Waals surface area contributed by atoms with Crippen LogP contribution >= 0.6 is 0 Å². The highest BCUT2D eigenvalue weighted by molar-refractivity contribution is 5.73. The molecule has 2 unspecified atom stereocenters. The Bertz CT molecular complexity index is 231. The highest BCUT2D eigenvalue weighted by Gasteiger charge is 2.24. The fourth-order valence-electron chi connectivity index (χ4n) is 2.32. The van der Waals surface area contributed by atoms with E-state index < -0.39 is 12.0 Å². The number of carboxylic acids is 1. The lowest BCUT2D eigenvalue weighted by atomic mass is 10.00. The van der Waals surface area contributed by atoms with E-state index in [0.717, 1.165) is 13.1 Å². The second-order valence-electron chi connectivity index (χ2n) is 5.22. The van der Waals surface area contributed by atoms with E-state index in [2.05, 4.69) is 17.1 Å². The number of carboxylic acid groups (broad SMARTS) is 1. The number of carbonyl (C=O) groups is 1. The first kappa shape index (κ1) is 13.5. The van der Waals surface area contributed by atoms with Crippen molar-refractivity contribution in [3.8, 4) is 0 Å². The minimum absolute atomic E-state index is 0.211. The van der Waals surface area contributed by atoms with Gasteiger partial charge in [0.1, 0.15) is 6.04 Å². The smallest absolute Gasteiger partial charge is 0.322 e. The predicted molar refractivity (Wildman–Crippen MR) is 64.5 cm³/mol. The van der Waals surface area contributed by atoms with E-state index in [0.29, 0.717) is 12.5 Å². The minimum Gasteiger partial charge on any atom is -0.480 e. The van der Waals surface area contributed by atoms with Crippen molar-refractivity contribution in [1.82, 2.24) is 10.2 Å². The van der Waals surface area contributed by atoms with Crippen molar-refractivity contribution in [2.75, 3.05) is 19.6 Å². The summed E-state index contributed by atoms with van der Waals surface area (Å²) >= 11 is 0. The number of nitrogens with zero attached hydrogens (tertiary/aromatic N) is 1. The lowest BCUT2D eigenvalue weighted by Gasteiger charge is -2.33. The number of nitrogens with one attached hydrogen (secondary N) is 1. The van der Waals surface area contributed by atoms with Gasteiger partial charge in [-0.25, -0.2) is 0 Å². The van der Waals surface area contributed by atoms with Gasteiger partial charge in [-0.1, -0.05) is 20.8 Å². The molecule has 0 bridgehead atoms. The molecule has 0 amide bonds. The van der Waals surface area contributed by atoms with Gasteiger partial charge in [0.2, 0.25) is 0 Å². The first-order valence-electron chi connectivity index (χ1n) is 6.20. The van der Waals surface area contributed by atoms with Gasteiger partial charge in [-0.3, -0.25) is 4.79 Å². The number of hydrogen-bond donors (Lipinski definition) is 2. The molecule has 0 saturated carbocycles. The zero-order valence-corrected chi connectivity index (χ0v) is 10.6. The molecule has 16 heavy (non-hydrogen) atoms. The van der Waals surface area contributed by atoms with Gasteiger partial charge in [-0.15, -0.1) is 0 Å². The van der Waals surface area contributed by atoms with Gasteiger partial charge in [-0.05, 0) is 25.3 Å².